The van der Waals surface area contributed by atoms with Gasteiger partial charge in [-0.1, -0.05) is 40.2 Å². The van der Waals surface area contributed by atoms with Crippen molar-refractivity contribution in [3.8, 4) is 5.75 Å². The predicted molar refractivity (Wildman–Crippen MR) is 132 cm³/mol. The Balaban J connectivity index is 1.69. The van der Waals surface area contributed by atoms with Crippen molar-refractivity contribution in [3.63, 3.8) is 0 Å². The number of Topliss-reactive ketones (excluding diaryl/α,β-unsaturated/α-hetero) is 1. The van der Waals surface area contributed by atoms with E-state index < -0.39 is 23.6 Å². The summed E-state index contributed by atoms with van der Waals surface area (Å²) in [6, 6.07) is 12.8. The van der Waals surface area contributed by atoms with Crippen LogP contribution in [-0.2, 0) is 19.1 Å². The highest BCUT2D eigenvalue weighted by Gasteiger charge is 2.46. The first kappa shape index (κ1) is 24.9. The molecule has 3 N–H and O–H groups in total. The maximum atomic E-state index is 13.1. The standard InChI is InChI=1S/C25H26BrN3O6/c26-18-5-1-17(2-6-18)23(31)21-22(16-3-7-19(8-4-16)35-15-20(27)30)29(25(33)24(21)32)10-9-28-11-13-34-14-12-28/h1-8,22,31H,9-15H2,(H2,27,30)/b23-21+. The SMILES string of the molecule is NC(=O)COc1ccc(C2/C(=C(\O)c3ccc(Br)cc3)C(=O)C(=O)N2CCN2CCOCC2)cc1. The van der Waals surface area contributed by atoms with Crippen LogP contribution in [0.5, 0.6) is 5.75 Å². The molecule has 2 saturated heterocycles. The van der Waals surface area contributed by atoms with Crippen LogP contribution in [-0.4, -0.2) is 78.5 Å². The number of amides is 2. The number of rotatable bonds is 8. The van der Waals surface area contributed by atoms with Gasteiger partial charge in [0.15, 0.2) is 6.61 Å². The highest BCUT2D eigenvalue weighted by atomic mass is 79.9. The molecule has 184 valence electrons. The first-order valence-electron chi connectivity index (χ1n) is 11.2. The lowest BCUT2D eigenvalue weighted by Crippen LogP contribution is -2.42. The molecule has 0 aromatic heterocycles. The van der Waals surface area contributed by atoms with Gasteiger partial charge in [0.2, 0.25) is 0 Å². The molecule has 0 saturated carbocycles. The summed E-state index contributed by atoms with van der Waals surface area (Å²) in [5, 5.41) is 11.1. The van der Waals surface area contributed by atoms with Crippen molar-refractivity contribution >= 4 is 39.3 Å². The van der Waals surface area contributed by atoms with E-state index in [4.69, 9.17) is 15.2 Å². The number of halogens is 1. The number of carbonyl (C=O) groups is 3. The normalized spacial score (nSPS) is 20.3. The van der Waals surface area contributed by atoms with Crippen LogP contribution in [0.4, 0.5) is 0 Å². The molecule has 0 spiro atoms. The minimum atomic E-state index is -0.773. The number of aliphatic hydroxyl groups is 1. The Morgan fingerprint density at radius 3 is 2.34 bits per heavy atom. The Labute approximate surface area is 211 Å². The number of primary amides is 1. The molecule has 4 rings (SSSR count). The number of ether oxygens (including phenoxy) is 2. The largest absolute Gasteiger partial charge is 0.507 e. The summed E-state index contributed by atoms with van der Waals surface area (Å²) < 4.78 is 11.5. The summed E-state index contributed by atoms with van der Waals surface area (Å²) in [6.45, 7) is 3.37. The number of hydrogen-bond acceptors (Lipinski definition) is 7. The monoisotopic (exact) mass is 543 g/mol. The molecule has 2 aromatic rings. The number of nitrogens with zero attached hydrogens (tertiary/aromatic N) is 2. The number of morpholine rings is 1. The molecule has 0 bridgehead atoms. The van der Waals surface area contributed by atoms with Gasteiger partial charge in [0.05, 0.1) is 24.8 Å². The molecule has 2 heterocycles. The van der Waals surface area contributed by atoms with E-state index in [0.29, 0.717) is 43.2 Å². The van der Waals surface area contributed by atoms with Gasteiger partial charge in [-0.25, -0.2) is 0 Å². The van der Waals surface area contributed by atoms with Gasteiger partial charge in [-0.05, 0) is 29.8 Å². The average Bonchev–Trinajstić information content (AvgIpc) is 3.12. The quantitative estimate of drug-likeness (QED) is 0.297. The fraction of sp³-hybridized carbons (Fsp3) is 0.320. The molecule has 2 fully saturated rings. The molecule has 35 heavy (non-hydrogen) atoms. The van der Waals surface area contributed by atoms with Crippen LogP contribution in [0.15, 0.2) is 58.6 Å². The fourth-order valence-corrected chi connectivity index (χ4v) is 4.46. The zero-order valence-corrected chi connectivity index (χ0v) is 20.6. The molecular weight excluding hydrogens is 518 g/mol. The number of likely N-dealkylation sites (tertiary alicyclic amines) is 1. The minimum Gasteiger partial charge on any atom is -0.507 e. The highest BCUT2D eigenvalue weighted by molar-refractivity contribution is 9.10. The van der Waals surface area contributed by atoms with Crippen LogP contribution in [0.2, 0.25) is 0 Å². The van der Waals surface area contributed by atoms with Crippen molar-refractivity contribution in [1.29, 1.82) is 0 Å². The number of ketones is 1. The topological polar surface area (TPSA) is 122 Å². The maximum Gasteiger partial charge on any atom is 0.295 e. The molecule has 0 radical (unpaired) electrons. The summed E-state index contributed by atoms with van der Waals surface area (Å²) in [5.41, 5.74) is 6.24. The summed E-state index contributed by atoms with van der Waals surface area (Å²) in [5.74, 6) is -1.79. The van der Waals surface area contributed by atoms with E-state index in [9.17, 15) is 19.5 Å². The maximum absolute atomic E-state index is 13.1. The van der Waals surface area contributed by atoms with Gasteiger partial charge in [-0.15, -0.1) is 0 Å². The molecule has 0 aliphatic carbocycles. The number of benzene rings is 2. The van der Waals surface area contributed by atoms with Crippen LogP contribution < -0.4 is 10.5 Å². The van der Waals surface area contributed by atoms with Crippen molar-refractivity contribution in [2.24, 2.45) is 5.73 Å². The molecule has 2 amide bonds. The van der Waals surface area contributed by atoms with Gasteiger partial charge in [0.1, 0.15) is 11.5 Å². The number of aliphatic hydroxyl groups excluding tert-OH is 1. The van der Waals surface area contributed by atoms with Crippen LogP contribution in [0, 0.1) is 0 Å². The van der Waals surface area contributed by atoms with E-state index >= 15 is 0 Å². The average molecular weight is 544 g/mol. The summed E-state index contributed by atoms with van der Waals surface area (Å²) in [7, 11) is 0. The second kappa shape index (κ2) is 11.0. The number of hydrogen-bond donors (Lipinski definition) is 2. The smallest absolute Gasteiger partial charge is 0.295 e. The first-order chi connectivity index (χ1) is 16.8. The zero-order valence-electron chi connectivity index (χ0n) is 19.0. The van der Waals surface area contributed by atoms with Gasteiger partial charge >= 0.3 is 0 Å². The highest BCUT2D eigenvalue weighted by Crippen LogP contribution is 2.39. The molecular formula is C25H26BrN3O6. The van der Waals surface area contributed by atoms with E-state index in [1.54, 1.807) is 48.5 Å². The van der Waals surface area contributed by atoms with Gasteiger partial charge in [0, 0.05) is 36.2 Å². The second-order valence-corrected chi connectivity index (χ2v) is 9.19. The zero-order chi connectivity index (χ0) is 24.9. The van der Waals surface area contributed by atoms with Gasteiger partial charge in [-0.3, -0.25) is 19.3 Å². The van der Waals surface area contributed by atoms with E-state index in [1.807, 2.05) is 0 Å². The van der Waals surface area contributed by atoms with Gasteiger partial charge < -0.3 is 25.2 Å². The molecule has 2 aromatic carbocycles. The Morgan fingerprint density at radius 2 is 1.71 bits per heavy atom. The van der Waals surface area contributed by atoms with Crippen LogP contribution in [0.25, 0.3) is 5.76 Å². The van der Waals surface area contributed by atoms with Crippen molar-refractivity contribution in [1.82, 2.24) is 9.80 Å². The minimum absolute atomic E-state index is 0.0325. The molecule has 1 unspecified atom stereocenters. The van der Waals surface area contributed by atoms with Crippen LogP contribution in [0.3, 0.4) is 0 Å². The van der Waals surface area contributed by atoms with Crippen LogP contribution >= 0.6 is 15.9 Å². The van der Waals surface area contributed by atoms with E-state index in [2.05, 4.69) is 20.8 Å². The number of carbonyl (C=O) groups excluding carboxylic acids is 3. The van der Waals surface area contributed by atoms with Crippen LogP contribution in [0.1, 0.15) is 17.2 Å². The Morgan fingerprint density at radius 1 is 1.06 bits per heavy atom. The molecule has 9 nitrogen and oxygen atoms in total. The molecule has 2 aliphatic rings. The van der Waals surface area contributed by atoms with E-state index in [0.717, 1.165) is 17.6 Å². The Bertz CT molecular complexity index is 1130. The molecule has 2 aliphatic heterocycles. The Kier molecular flexibility index (Phi) is 7.84. The lowest BCUT2D eigenvalue weighted by atomic mass is 9.95. The fourth-order valence-electron chi connectivity index (χ4n) is 4.20. The molecule has 1 atom stereocenters. The van der Waals surface area contributed by atoms with Gasteiger partial charge in [0.25, 0.3) is 17.6 Å². The summed E-state index contributed by atoms with van der Waals surface area (Å²) in [4.78, 5) is 40.9. The summed E-state index contributed by atoms with van der Waals surface area (Å²) in [6.07, 6.45) is 0. The third-order valence-corrected chi connectivity index (χ3v) is 6.52. The lowest BCUT2D eigenvalue weighted by molar-refractivity contribution is -0.140. The predicted octanol–water partition coefficient (Wildman–Crippen LogP) is 2.07. The number of nitrogens with two attached hydrogens (primary N) is 1. The molecule has 10 heteroatoms. The van der Waals surface area contributed by atoms with Crippen molar-refractivity contribution < 1.29 is 29.0 Å². The van der Waals surface area contributed by atoms with E-state index in [1.165, 1.54) is 4.90 Å². The Hall–Kier alpha value is -3.21. The summed E-state index contributed by atoms with van der Waals surface area (Å²) >= 11 is 3.36. The second-order valence-electron chi connectivity index (χ2n) is 8.28. The third-order valence-electron chi connectivity index (χ3n) is 6.00. The third kappa shape index (κ3) is 5.72. The van der Waals surface area contributed by atoms with Gasteiger partial charge in [-0.2, -0.15) is 0 Å². The first-order valence-corrected chi connectivity index (χ1v) is 12.0. The van der Waals surface area contributed by atoms with Crippen molar-refractivity contribution in [3.05, 3.63) is 69.7 Å². The lowest BCUT2D eigenvalue weighted by Gasteiger charge is -2.31. The van der Waals surface area contributed by atoms with Crippen molar-refractivity contribution in [2.45, 2.75) is 6.04 Å². The van der Waals surface area contributed by atoms with E-state index in [-0.39, 0.29) is 17.9 Å². The van der Waals surface area contributed by atoms with Crippen molar-refractivity contribution in [2.75, 3.05) is 46.0 Å².